The summed E-state index contributed by atoms with van der Waals surface area (Å²) in [5.41, 5.74) is 8.32. The molecule has 0 aliphatic carbocycles. The first kappa shape index (κ1) is 13.8. The lowest BCUT2D eigenvalue weighted by atomic mass is 10.0. The molecule has 102 valence electrons. The predicted molar refractivity (Wildman–Crippen MR) is 77.8 cm³/mol. The van der Waals surface area contributed by atoms with E-state index in [1.54, 1.807) is 6.26 Å². The van der Waals surface area contributed by atoms with Crippen LogP contribution in [0.4, 0.5) is 0 Å². The Bertz CT molecular complexity index is 492. The molecule has 1 aromatic heterocycles. The average Bonchev–Trinajstić information content (AvgIpc) is 2.82. The number of hydrogen-bond donors (Lipinski definition) is 1. The van der Waals surface area contributed by atoms with Gasteiger partial charge < -0.3 is 10.2 Å². The zero-order chi connectivity index (χ0) is 13.7. The zero-order valence-electron chi connectivity index (χ0n) is 11.7. The maximum Gasteiger partial charge on any atom is 0.105 e. The molecule has 1 atom stereocenters. The number of aryl methyl sites for hydroxylation is 1. The third-order valence-electron chi connectivity index (χ3n) is 3.54. The van der Waals surface area contributed by atoms with Crippen molar-refractivity contribution in [2.24, 2.45) is 5.73 Å². The van der Waals surface area contributed by atoms with Crippen molar-refractivity contribution in [2.75, 3.05) is 13.6 Å². The van der Waals surface area contributed by atoms with Crippen LogP contribution in [0.3, 0.4) is 0 Å². The lowest BCUT2D eigenvalue weighted by Crippen LogP contribution is -2.26. The summed E-state index contributed by atoms with van der Waals surface area (Å²) in [7, 11) is 2.14. The fraction of sp³-hybridized carbons (Fsp3) is 0.375. The van der Waals surface area contributed by atoms with Gasteiger partial charge in [-0.1, -0.05) is 30.3 Å². The smallest absolute Gasteiger partial charge is 0.105 e. The Kier molecular flexibility index (Phi) is 4.77. The molecule has 1 heterocycles. The van der Waals surface area contributed by atoms with Gasteiger partial charge in [-0.15, -0.1) is 0 Å². The van der Waals surface area contributed by atoms with Crippen molar-refractivity contribution in [3.05, 3.63) is 59.5 Å². The third-order valence-corrected chi connectivity index (χ3v) is 3.54. The molecule has 1 unspecified atom stereocenters. The van der Waals surface area contributed by atoms with Gasteiger partial charge in [0.2, 0.25) is 0 Å². The highest BCUT2D eigenvalue weighted by Crippen LogP contribution is 2.25. The standard InChI is InChI=1S/C16H22N2O/c1-13-15(9-11-19-13)12-18(2)16(8-10-17)14-6-4-3-5-7-14/h3-7,9,11,16H,8,10,12,17H2,1-2H3. The maximum absolute atomic E-state index is 5.76. The molecule has 0 fully saturated rings. The van der Waals surface area contributed by atoms with Crippen LogP contribution in [0.5, 0.6) is 0 Å². The quantitative estimate of drug-likeness (QED) is 0.865. The molecule has 2 rings (SSSR count). The topological polar surface area (TPSA) is 42.4 Å². The predicted octanol–water partition coefficient (Wildman–Crippen LogP) is 3.11. The van der Waals surface area contributed by atoms with Crippen LogP contribution >= 0.6 is 0 Å². The van der Waals surface area contributed by atoms with E-state index in [1.165, 1.54) is 11.1 Å². The molecule has 1 aromatic carbocycles. The summed E-state index contributed by atoms with van der Waals surface area (Å²) < 4.78 is 5.36. The van der Waals surface area contributed by atoms with E-state index in [0.717, 1.165) is 18.7 Å². The van der Waals surface area contributed by atoms with Gasteiger partial charge in [0.1, 0.15) is 5.76 Å². The SMILES string of the molecule is Cc1occc1CN(C)C(CCN)c1ccccc1. The normalized spacial score (nSPS) is 12.8. The first-order valence-corrected chi connectivity index (χ1v) is 6.70. The molecule has 0 aliphatic rings. The fourth-order valence-corrected chi connectivity index (χ4v) is 2.43. The van der Waals surface area contributed by atoms with E-state index in [4.69, 9.17) is 10.2 Å². The molecule has 0 spiro atoms. The zero-order valence-corrected chi connectivity index (χ0v) is 11.7. The van der Waals surface area contributed by atoms with Crippen molar-refractivity contribution in [1.82, 2.24) is 4.90 Å². The molecule has 3 heteroatoms. The van der Waals surface area contributed by atoms with Gasteiger partial charge in [0, 0.05) is 18.2 Å². The van der Waals surface area contributed by atoms with Gasteiger partial charge in [-0.05, 0) is 38.6 Å². The van der Waals surface area contributed by atoms with Crippen molar-refractivity contribution in [2.45, 2.75) is 25.9 Å². The maximum atomic E-state index is 5.76. The summed E-state index contributed by atoms with van der Waals surface area (Å²) in [6.45, 7) is 3.57. The molecule has 2 N–H and O–H groups in total. The second-order valence-corrected chi connectivity index (χ2v) is 4.92. The van der Waals surface area contributed by atoms with Gasteiger partial charge in [-0.3, -0.25) is 4.90 Å². The minimum Gasteiger partial charge on any atom is -0.469 e. The van der Waals surface area contributed by atoms with E-state index in [2.05, 4.69) is 36.2 Å². The molecule has 0 saturated carbocycles. The van der Waals surface area contributed by atoms with Crippen LogP contribution in [0, 0.1) is 6.92 Å². The Morgan fingerprint density at radius 2 is 1.95 bits per heavy atom. The molecule has 0 bridgehead atoms. The highest BCUT2D eigenvalue weighted by atomic mass is 16.3. The minimum atomic E-state index is 0.348. The molecular weight excluding hydrogens is 236 g/mol. The molecular formula is C16H22N2O. The lowest BCUT2D eigenvalue weighted by molar-refractivity contribution is 0.225. The van der Waals surface area contributed by atoms with Crippen molar-refractivity contribution < 1.29 is 4.42 Å². The van der Waals surface area contributed by atoms with E-state index in [0.29, 0.717) is 12.6 Å². The number of nitrogens with zero attached hydrogens (tertiary/aromatic N) is 1. The van der Waals surface area contributed by atoms with Crippen molar-refractivity contribution in [1.29, 1.82) is 0 Å². The molecule has 2 aromatic rings. The summed E-state index contributed by atoms with van der Waals surface area (Å²) in [5.74, 6) is 0.992. The largest absolute Gasteiger partial charge is 0.469 e. The summed E-state index contributed by atoms with van der Waals surface area (Å²) in [4.78, 5) is 2.33. The van der Waals surface area contributed by atoms with E-state index < -0.39 is 0 Å². The van der Waals surface area contributed by atoms with Gasteiger partial charge in [0.05, 0.1) is 6.26 Å². The Labute approximate surface area is 115 Å². The summed E-state index contributed by atoms with van der Waals surface area (Å²) >= 11 is 0. The van der Waals surface area contributed by atoms with E-state index in [-0.39, 0.29) is 0 Å². The van der Waals surface area contributed by atoms with Crippen LogP contribution in [-0.4, -0.2) is 18.5 Å². The second-order valence-electron chi connectivity index (χ2n) is 4.92. The van der Waals surface area contributed by atoms with Crippen LogP contribution in [0.2, 0.25) is 0 Å². The van der Waals surface area contributed by atoms with Gasteiger partial charge in [-0.2, -0.15) is 0 Å². The fourth-order valence-electron chi connectivity index (χ4n) is 2.43. The Balaban J connectivity index is 2.13. The molecule has 0 amide bonds. The monoisotopic (exact) mass is 258 g/mol. The number of benzene rings is 1. The first-order valence-electron chi connectivity index (χ1n) is 6.70. The van der Waals surface area contributed by atoms with Crippen LogP contribution in [-0.2, 0) is 6.54 Å². The molecule has 3 nitrogen and oxygen atoms in total. The van der Waals surface area contributed by atoms with E-state index >= 15 is 0 Å². The Hall–Kier alpha value is -1.58. The van der Waals surface area contributed by atoms with E-state index in [9.17, 15) is 0 Å². The molecule has 0 saturated heterocycles. The Morgan fingerprint density at radius 1 is 1.21 bits per heavy atom. The van der Waals surface area contributed by atoms with Gasteiger partial charge in [0.15, 0.2) is 0 Å². The highest BCUT2D eigenvalue weighted by Gasteiger charge is 2.17. The third kappa shape index (κ3) is 3.46. The van der Waals surface area contributed by atoms with Gasteiger partial charge in [0.25, 0.3) is 0 Å². The first-order chi connectivity index (χ1) is 9.22. The van der Waals surface area contributed by atoms with Gasteiger partial charge in [-0.25, -0.2) is 0 Å². The van der Waals surface area contributed by atoms with Crippen LogP contribution < -0.4 is 5.73 Å². The van der Waals surface area contributed by atoms with Crippen LogP contribution in [0.25, 0.3) is 0 Å². The van der Waals surface area contributed by atoms with Gasteiger partial charge >= 0.3 is 0 Å². The summed E-state index contributed by atoms with van der Waals surface area (Å²) in [6, 6.07) is 12.9. The minimum absolute atomic E-state index is 0.348. The number of hydrogen-bond acceptors (Lipinski definition) is 3. The van der Waals surface area contributed by atoms with E-state index in [1.807, 2.05) is 19.1 Å². The highest BCUT2D eigenvalue weighted by molar-refractivity contribution is 5.20. The lowest BCUT2D eigenvalue weighted by Gasteiger charge is -2.28. The van der Waals surface area contributed by atoms with Crippen LogP contribution in [0.15, 0.2) is 47.1 Å². The van der Waals surface area contributed by atoms with Crippen molar-refractivity contribution >= 4 is 0 Å². The van der Waals surface area contributed by atoms with Crippen molar-refractivity contribution in [3.8, 4) is 0 Å². The molecule has 0 radical (unpaired) electrons. The summed E-state index contributed by atoms with van der Waals surface area (Å²) in [6.07, 6.45) is 2.70. The molecule has 19 heavy (non-hydrogen) atoms. The summed E-state index contributed by atoms with van der Waals surface area (Å²) in [5, 5.41) is 0. The van der Waals surface area contributed by atoms with Crippen LogP contribution in [0.1, 0.15) is 29.3 Å². The molecule has 0 aliphatic heterocycles. The average molecular weight is 258 g/mol. The number of rotatable bonds is 6. The van der Waals surface area contributed by atoms with Crippen molar-refractivity contribution in [3.63, 3.8) is 0 Å². The Morgan fingerprint density at radius 3 is 2.53 bits per heavy atom. The number of nitrogens with two attached hydrogens (primary N) is 1. The second kappa shape index (κ2) is 6.55. The number of furan rings is 1.